The van der Waals surface area contributed by atoms with E-state index in [2.05, 4.69) is 19.2 Å². The van der Waals surface area contributed by atoms with E-state index in [1.165, 1.54) is 19.3 Å². The van der Waals surface area contributed by atoms with Crippen molar-refractivity contribution in [1.82, 2.24) is 0 Å². The summed E-state index contributed by atoms with van der Waals surface area (Å²) in [7, 11) is 0. The first-order chi connectivity index (χ1) is 8.90. The SMILES string of the molecule is CC1(C)CCCCC1Nc1ccc(N)c(C(=O)O)c1. The molecule has 19 heavy (non-hydrogen) atoms. The molecule has 0 saturated heterocycles. The molecule has 0 bridgehead atoms. The van der Waals surface area contributed by atoms with Crippen LogP contribution in [0, 0.1) is 5.41 Å². The van der Waals surface area contributed by atoms with Crippen LogP contribution in [0.1, 0.15) is 49.9 Å². The average Bonchev–Trinajstić information content (AvgIpc) is 2.33. The Bertz CT molecular complexity index is 483. The van der Waals surface area contributed by atoms with Crippen molar-refractivity contribution in [2.75, 3.05) is 11.1 Å². The zero-order valence-corrected chi connectivity index (χ0v) is 11.6. The summed E-state index contributed by atoms with van der Waals surface area (Å²) in [5.41, 5.74) is 7.22. The number of benzene rings is 1. The monoisotopic (exact) mass is 262 g/mol. The fourth-order valence-electron chi connectivity index (χ4n) is 2.79. The molecule has 0 spiro atoms. The Morgan fingerprint density at radius 1 is 1.42 bits per heavy atom. The third kappa shape index (κ3) is 3.00. The van der Waals surface area contributed by atoms with Crippen LogP contribution in [0.2, 0.25) is 0 Å². The first-order valence-corrected chi connectivity index (χ1v) is 6.79. The first-order valence-electron chi connectivity index (χ1n) is 6.79. The highest BCUT2D eigenvalue weighted by Crippen LogP contribution is 2.37. The van der Waals surface area contributed by atoms with E-state index in [-0.39, 0.29) is 11.0 Å². The van der Waals surface area contributed by atoms with Crippen LogP contribution in [0.3, 0.4) is 0 Å². The summed E-state index contributed by atoms with van der Waals surface area (Å²) >= 11 is 0. The highest BCUT2D eigenvalue weighted by Gasteiger charge is 2.32. The number of nitrogen functional groups attached to an aromatic ring is 1. The van der Waals surface area contributed by atoms with Crippen LogP contribution >= 0.6 is 0 Å². The Hall–Kier alpha value is -1.71. The normalized spacial score (nSPS) is 21.9. The average molecular weight is 262 g/mol. The molecule has 1 aromatic rings. The zero-order chi connectivity index (χ0) is 14.0. The molecule has 1 saturated carbocycles. The number of hydrogen-bond donors (Lipinski definition) is 3. The standard InChI is InChI=1S/C15H22N2O2/c1-15(2)8-4-3-5-13(15)17-10-6-7-12(16)11(9-10)14(18)19/h6-7,9,13,17H,3-5,8,16H2,1-2H3,(H,18,19). The largest absolute Gasteiger partial charge is 0.478 e. The lowest BCUT2D eigenvalue weighted by Crippen LogP contribution is -2.38. The Morgan fingerprint density at radius 2 is 2.16 bits per heavy atom. The van der Waals surface area contributed by atoms with Crippen molar-refractivity contribution in [3.05, 3.63) is 23.8 Å². The maximum atomic E-state index is 11.1. The molecule has 0 aliphatic heterocycles. The van der Waals surface area contributed by atoms with Gasteiger partial charge in [-0.1, -0.05) is 26.7 Å². The summed E-state index contributed by atoms with van der Waals surface area (Å²) in [5, 5.41) is 12.6. The van der Waals surface area contributed by atoms with Gasteiger partial charge in [0.25, 0.3) is 0 Å². The Kier molecular flexibility index (Phi) is 3.69. The van der Waals surface area contributed by atoms with Crippen LogP contribution < -0.4 is 11.1 Å². The second-order valence-electron chi connectivity index (χ2n) is 6.04. The minimum absolute atomic E-state index is 0.165. The molecule has 0 heterocycles. The van der Waals surface area contributed by atoms with Crippen LogP contribution in [0.5, 0.6) is 0 Å². The second kappa shape index (κ2) is 5.11. The Balaban J connectivity index is 2.19. The van der Waals surface area contributed by atoms with Gasteiger partial charge in [0.2, 0.25) is 0 Å². The number of carboxylic acid groups (broad SMARTS) is 1. The molecule has 4 N–H and O–H groups in total. The lowest BCUT2D eigenvalue weighted by Gasteiger charge is -2.39. The highest BCUT2D eigenvalue weighted by atomic mass is 16.4. The third-order valence-electron chi connectivity index (χ3n) is 4.13. The fourth-order valence-corrected chi connectivity index (χ4v) is 2.79. The molecule has 2 rings (SSSR count). The number of carboxylic acids is 1. The van der Waals surface area contributed by atoms with Crippen molar-refractivity contribution in [2.45, 2.75) is 45.6 Å². The molecule has 1 aliphatic rings. The third-order valence-corrected chi connectivity index (χ3v) is 4.13. The maximum Gasteiger partial charge on any atom is 0.337 e. The van der Waals surface area contributed by atoms with Crippen LogP contribution in [0.4, 0.5) is 11.4 Å². The zero-order valence-electron chi connectivity index (χ0n) is 11.6. The van der Waals surface area contributed by atoms with Crippen LogP contribution in [0.15, 0.2) is 18.2 Å². The quantitative estimate of drug-likeness (QED) is 0.730. The fraction of sp³-hybridized carbons (Fsp3) is 0.533. The molecule has 0 aromatic heterocycles. The summed E-state index contributed by atoms with van der Waals surface area (Å²) in [6, 6.07) is 5.52. The molecule has 4 heteroatoms. The van der Waals surface area contributed by atoms with Crippen LogP contribution in [-0.2, 0) is 0 Å². The van der Waals surface area contributed by atoms with E-state index in [0.29, 0.717) is 11.7 Å². The molecule has 1 unspecified atom stereocenters. The van der Waals surface area contributed by atoms with E-state index in [4.69, 9.17) is 10.8 Å². The van der Waals surface area contributed by atoms with Crippen molar-refractivity contribution in [2.24, 2.45) is 5.41 Å². The van der Waals surface area contributed by atoms with E-state index >= 15 is 0 Å². The maximum absolute atomic E-state index is 11.1. The summed E-state index contributed by atoms with van der Waals surface area (Å²) in [4.78, 5) is 11.1. The minimum atomic E-state index is -0.982. The molecular formula is C15H22N2O2. The number of anilines is 2. The number of rotatable bonds is 3. The predicted octanol–water partition coefficient (Wildman–Crippen LogP) is 3.35. The van der Waals surface area contributed by atoms with Gasteiger partial charge in [0, 0.05) is 17.4 Å². The van der Waals surface area contributed by atoms with Gasteiger partial charge in [-0.05, 0) is 36.5 Å². The smallest absolute Gasteiger partial charge is 0.337 e. The summed E-state index contributed by atoms with van der Waals surface area (Å²) in [5.74, 6) is -0.982. The van der Waals surface area contributed by atoms with E-state index < -0.39 is 5.97 Å². The molecular weight excluding hydrogens is 240 g/mol. The molecule has 104 valence electrons. The molecule has 0 radical (unpaired) electrons. The van der Waals surface area contributed by atoms with Gasteiger partial charge in [-0.25, -0.2) is 4.79 Å². The summed E-state index contributed by atoms with van der Waals surface area (Å²) < 4.78 is 0. The van der Waals surface area contributed by atoms with Gasteiger partial charge in [0.1, 0.15) is 0 Å². The first kappa shape index (κ1) is 13.7. The predicted molar refractivity (Wildman–Crippen MR) is 77.5 cm³/mol. The second-order valence-corrected chi connectivity index (χ2v) is 6.04. The molecule has 4 nitrogen and oxygen atoms in total. The number of aromatic carboxylic acids is 1. The van der Waals surface area contributed by atoms with Gasteiger partial charge in [-0.15, -0.1) is 0 Å². The molecule has 1 aromatic carbocycles. The minimum Gasteiger partial charge on any atom is -0.478 e. The van der Waals surface area contributed by atoms with Gasteiger partial charge in [-0.2, -0.15) is 0 Å². The van der Waals surface area contributed by atoms with Crippen molar-refractivity contribution >= 4 is 17.3 Å². The van der Waals surface area contributed by atoms with Crippen molar-refractivity contribution in [1.29, 1.82) is 0 Å². The highest BCUT2D eigenvalue weighted by molar-refractivity contribution is 5.94. The summed E-state index contributed by atoms with van der Waals surface area (Å²) in [6.45, 7) is 4.53. The van der Waals surface area contributed by atoms with Gasteiger partial charge >= 0.3 is 5.97 Å². The molecule has 0 amide bonds. The number of nitrogens with one attached hydrogen (secondary N) is 1. The number of hydrogen-bond acceptors (Lipinski definition) is 3. The van der Waals surface area contributed by atoms with E-state index in [1.54, 1.807) is 12.1 Å². The van der Waals surface area contributed by atoms with E-state index in [1.807, 2.05) is 6.07 Å². The summed E-state index contributed by atoms with van der Waals surface area (Å²) in [6.07, 6.45) is 4.82. The number of nitrogens with two attached hydrogens (primary N) is 1. The lowest BCUT2D eigenvalue weighted by molar-refractivity contribution is 0.0698. The Morgan fingerprint density at radius 3 is 2.79 bits per heavy atom. The lowest BCUT2D eigenvalue weighted by atomic mass is 9.73. The van der Waals surface area contributed by atoms with Gasteiger partial charge in [-0.3, -0.25) is 0 Å². The molecule has 1 fully saturated rings. The van der Waals surface area contributed by atoms with E-state index in [0.717, 1.165) is 12.1 Å². The number of carbonyl (C=O) groups is 1. The molecule has 1 aliphatic carbocycles. The van der Waals surface area contributed by atoms with Crippen LogP contribution in [0.25, 0.3) is 0 Å². The van der Waals surface area contributed by atoms with Crippen molar-refractivity contribution in [3.8, 4) is 0 Å². The van der Waals surface area contributed by atoms with E-state index in [9.17, 15) is 4.79 Å². The molecule has 1 atom stereocenters. The Labute approximate surface area is 114 Å². The van der Waals surface area contributed by atoms with Gasteiger partial charge < -0.3 is 16.2 Å². The topological polar surface area (TPSA) is 75.3 Å². The van der Waals surface area contributed by atoms with Crippen LogP contribution in [-0.4, -0.2) is 17.1 Å². The van der Waals surface area contributed by atoms with Gasteiger partial charge in [0.15, 0.2) is 0 Å². The van der Waals surface area contributed by atoms with Crippen molar-refractivity contribution in [3.63, 3.8) is 0 Å². The van der Waals surface area contributed by atoms with Crippen molar-refractivity contribution < 1.29 is 9.90 Å². The van der Waals surface area contributed by atoms with Gasteiger partial charge in [0.05, 0.1) is 5.56 Å².